The molecule has 11 nitrogen and oxygen atoms in total. The van der Waals surface area contributed by atoms with Crippen molar-refractivity contribution >= 4 is 45.3 Å². The molecular formula is C53H64N4O7S2. The summed E-state index contributed by atoms with van der Waals surface area (Å²) in [6.45, 7) is 5.25. The lowest BCUT2D eigenvalue weighted by Gasteiger charge is -2.58. The number of rotatable bonds is 8. The van der Waals surface area contributed by atoms with Crippen LogP contribution >= 0.6 is 21.6 Å². The van der Waals surface area contributed by atoms with Crippen molar-refractivity contribution in [3.63, 3.8) is 0 Å². The zero-order chi connectivity index (χ0) is 45.1. The summed E-state index contributed by atoms with van der Waals surface area (Å²) in [4.78, 5) is 58.9. The van der Waals surface area contributed by atoms with Crippen molar-refractivity contribution in [2.45, 2.75) is 133 Å². The molecule has 350 valence electrons. The number of hydrogen-bond acceptors (Lipinski definition) is 12. The first kappa shape index (κ1) is 43.5. The average Bonchev–Trinajstić information content (AvgIpc) is 4.10. The summed E-state index contributed by atoms with van der Waals surface area (Å²) in [6, 6.07) is 0. The molecule has 13 heteroatoms. The summed E-state index contributed by atoms with van der Waals surface area (Å²) in [5, 5.41) is 21.8. The quantitative estimate of drug-likeness (QED) is 0.106. The minimum atomic E-state index is -0.911. The van der Waals surface area contributed by atoms with Gasteiger partial charge in [0.1, 0.15) is 22.7 Å². The number of aliphatic hydroxyl groups excluding tert-OH is 1. The Balaban J connectivity index is 1.08. The molecule has 10 atom stereocenters. The maximum absolute atomic E-state index is 15.4. The Morgan fingerprint density at radius 1 is 0.909 bits per heavy atom. The van der Waals surface area contributed by atoms with Crippen molar-refractivity contribution in [2.75, 3.05) is 19.6 Å². The summed E-state index contributed by atoms with van der Waals surface area (Å²) in [5.74, 6) is 1.18. The third-order valence-electron chi connectivity index (χ3n) is 18.4. The lowest BCUT2D eigenvalue weighted by molar-refractivity contribution is -0.138. The number of imide groups is 1. The smallest absolute Gasteiger partial charge is 0.340 e. The Bertz CT molecular complexity index is 2390. The fraction of sp³-hybridized carbons (Fsp3) is 0.623. The van der Waals surface area contributed by atoms with Gasteiger partial charge in [0.15, 0.2) is 0 Å². The van der Waals surface area contributed by atoms with Gasteiger partial charge in [-0.1, -0.05) is 91.7 Å². The first-order valence-corrected chi connectivity index (χ1v) is 27.7. The van der Waals surface area contributed by atoms with Gasteiger partial charge < -0.3 is 30.5 Å². The van der Waals surface area contributed by atoms with Gasteiger partial charge >= 0.3 is 11.9 Å². The van der Waals surface area contributed by atoms with E-state index in [-0.39, 0.29) is 76.0 Å². The monoisotopic (exact) mass is 932 g/mol. The van der Waals surface area contributed by atoms with E-state index < -0.39 is 17.4 Å². The Kier molecular flexibility index (Phi) is 11.0. The summed E-state index contributed by atoms with van der Waals surface area (Å²) in [5.41, 5.74) is 6.04. The standard InChI is InChI=1S/C53H64N4O7S2/c1-3-52(21-7-8-22-52)37-14-11-30-25-35-33-19-23-53(45(35)44-42(30)47(37)64-50(44)61)38-15-12-31(29-9-5-4-6-10-29)49(55-26-28(2)58)66-65-39-16-13-34-32(20-24-54-48(34)56-39)36(43(33)46(53)51(62)63-38)27-57-40(59)17-18-41(57)60/h13,15-18,20,28-31,33,35-36,39,45,49,54-56,58H,3-12,14,19,21-27H2,1-2H3. The van der Waals surface area contributed by atoms with Gasteiger partial charge in [0, 0.05) is 60.3 Å². The van der Waals surface area contributed by atoms with E-state index >= 15 is 9.59 Å². The van der Waals surface area contributed by atoms with Crippen LogP contribution in [0.4, 0.5) is 0 Å². The fourth-order valence-electron chi connectivity index (χ4n) is 15.6. The van der Waals surface area contributed by atoms with Gasteiger partial charge in [0.2, 0.25) is 0 Å². The van der Waals surface area contributed by atoms with Crippen molar-refractivity contribution in [3.8, 4) is 0 Å². The number of nitrogens with one attached hydrogen (secondary N) is 3. The molecule has 14 aliphatic rings. The molecule has 7 aliphatic heterocycles. The second kappa shape index (κ2) is 16.7. The van der Waals surface area contributed by atoms with Gasteiger partial charge in [-0.3, -0.25) is 14.5 Å². The first-order chi connectivity index (χ1) is 32.1. The highest BCUT2D eigenvalue weighted by atomic mass is 33.1. The van der Waals surface area contributed by atoms with Gasteiger partial charge in [-0.25, -0.2) is 9.59 Å². The van der Waals surface area contributed by atoms with Crippen LogP contribution in [0, 0.1) is 52.3 Å². The number of hydrogen-bond donors (Lipinski definition) is 4. The van der Waals surface area contributed by atoms with Gasteiger partial charge in [-0.2, -0.15) is 0 Å². The van der Waals surface area contributed by atoms with Gasteiger partial charge in [-0.15, -0.1) is 0 Å². The van der Waals surface area contributed by atoms with Gasteiger partial charge in [0.05, 0.1) is 22.5 Å². The molecule has 0 aromatic rings. The Hall–Kier alpha value is -3.78. The maximum Gasteiger partial charge on any atom is 0.340 e. The molecular weight excluding hydrogens is 869 g/mol. The SMILES string of the molecule is CCC1(C2=C3OC(=O)C4=C3C(CC2)CC2C3CCC5(C6=CCC(C7CCCCC7)C(NCC(C)O)SSC7C=CC8=C(NCC=C8C(CN8C(=O)C=CC8=O)C3=C5C(=O)O6)N7)C42)CCCC1. The van der Waals surface area contributed by atoms with Crippen LogP contribution in [0.1, 0.15) is 117 Å². The van der Waals surface area contributed by atoms with Crippen LogP contribution < -0.4 is 16.0 Å². The molecule has 66 heavy (non-hydrogen) atoms. The van der Waals surface area contributed by atoms with Crippen LogP contribution in [0.5, 0.6) is 0 Å². The highest BCUT2D eigenvalue weighted by Crippen LogP contribution is 2.73. The van der Waals surface area contributed by atoms with Crippen molar-refractivity contribution in [1.29, 1.82) is 0 Å². The normalized spacial score (nSPS) is 37.2. The molecule has 1 spiro atoms. The molecule has 0 aromatic heterocycles. The second-order valence-electron chi connectivity index (χ2n) is 21.5. The summed E-state index contributed by atoms with van der Waals surface area (Å²) in [7, 11) is 3.60. The molecule has 0 radical (unpaired) electrons. The van der Waals surface area contributed by atoms with Crippen molar-refractivity contribution in [3.05, 3.63) is 92.8 Å². The Morgan fingerprint density at radius 3 is 2.48 bits per heavy atom. The van der Waals surface area contributed by atoms with Crippen LogP contribution in [-0.4, -0.2) is 70.2 Å². The molecule has 7 aliphatic carbocycles. The van der Waals surface area contributed by atoms with Crippen LogP contribution in [-0.2, 0) is 28.7 Å². The average molecular weight is 933 g/mol. The number of allylic oxidation sites excluding steroid dienone is 6. The molecule has 10 unspecified atom stereocenters. The molecule has 3 saturated carbocycles. The van der Waals surface area contributed by atoms with E-state index in [0.717, 1.165) is 97.2 Å². The number of carbonyl (C=O) groups excluding carboxylic acids is 4. The fourth-order valence-corrected chi connectivity index (χ4v) is 18.5. The largest absolute Gasteiger partial charge is 0.427 e. The zero-order valence-electron chi connectivity index (χ0n) is 38.3. The minimum absolute atomic E-state index is 0.00126. The van der Waals surface area contributed by atoms with E-state index in [1.807, 2.05) is 17.7 Å². The highest BCUT2D eigenvalue weighted by molar-refractivity contribution is 8.77. The summed E-state index contributed by atoms with van der Waals surface area (Å²) >= 11 is 0. The lowest BCUT2D eigenvalue weighted by Crippen LogP contribution is -2.55. The van der Waals surface area contributed by atoms with Crippen molar-refractivity contribution < 1.29 is 33.8 Å². The minimum Gasteiger partial charge on any atom is -0.427 e. The van der Waals surface area contributed by atoms with Gasteiger partial charge in [-0.05, 0) is 123 Å². The maximum atomic E-state index is 15.4. The molecule has 9 bridgehead atoms. The zero-order valence-corrected chi connectivity index (χ0v) is 40.0. The van der Waals surface area contributed by atoms with Crippen molar-refractivity contribution in [2.24, 2.45) is 52.3 Å². The number of amides is 2. The first-order valence-electron chi connectivity index (χ1n) is 25.4. The van der Waals surface area contributed by atoms with Crippen LogP contribution in [0.2, 0.25) is 0 Å². The molecule has 4 fully saturated rings. The topological polar surface area (TPSA) is 146 Å². The Labute approximate surface area is 396 Å². The van der Waals surface area contributed by atoms with E-state index in [2.05, 4.69) is 47.2 Å². The number of ether oxygens (including phenoxy) is 2. The van der Waals surface area contributed by atoms with E-state index in [4.69, 9.17) is 9.47 Å². The third-order valence-corrected chi connectivity index (χ3v) is 21.3. The highest BCUT2D eigenvalue weighted by Gasteiger charge is 2.70. The van der Waals surface area contributed by atoms with Crippen molar-refractivity contribution in [1.82, 2.24) is 20.9 Å². The molecule has 7 heterocycles. The molecule has 4 N–H and O–H groups in total. The van der Waals surface area contributed by atoms with Gasteiger partial charge in [0.25, 0.3) is 11.8 Å². The number of dihydropyridines is 2. The van der Waals surface area contributed by atoms with Crippen LogP contribution in [0.15, 0.2) is 92.8 Å². The molecule has 2 amide bonds. The van der Waals surface area contributed by atoms with Crippen LogP contribution in [0.3, 0.4) is 0 Å². The number of esters is 2. The van der Waals surface area contributed by atoms with E-state index in [0.29, 0.717) is 43.2 Å². The van der Waals surface area contributed by atoms with Crippen LogP contribution in [0.25, 0.3) is 0 Å². The lowest BCUT2D eigenvalue weighted by atomic mass is 9.42. The molecule has 1 saturated heterocycles. The van der Waals surface area contributed by atoms with E-state index in [9.17, 15) is 14.7 Å². The molecule has 14 rings (SSSR count). The summed E-state index contributed by atoms with van der Waals surface area (Å²) < 4.78 is 13.5. The third kappa shape index (κ3) is 6.65. The summed E-state index contributed by atoms with van der Waals surface area (Å²) in [6.07, 6.45) is 27.6. The van der Waals surface area contributed by atoms with E-state index in [1.165, 1.54) is 54.7 Å². The predicted octanol–water partition coefficient (Wildman–Crippen LogP) is 8.30. The number of carbonyl (C=O) groups is 4. The number of fused-ring (bicyclic) bond motifs is 6. The molecule has 0 aromatic carbocycles. The predicted molar refractivity (Wildman–Crippen MR) is 254 cm³/mol. The number of nitrogens with zero attached hydrogens (tertiary/aromatic N) is 1. The number of aliphatic hydroxyl groups is 1. The second-order valence-corrected chi connectivity index (χ2v) is 24.0. The van der Waals surface area contributed by atoms with E-state index in [1.54, 1.807) is 10.8 Å². The Morgan fingerprint density at radius 2 is 1.71 bits per heavy atom.